The van der Waals surface area contributed by atoms with Crippen LogP contribution in [0.2, 0.25) is 0 Å². The molecule has 0 aromatic carbocycles. The summed E-state index contributed by atoms with van der Waals surface area (Å²) >= 11 is 0. The maximum atomic E-state index is 12.5. The molecule has 0 saturated carbocycles. The molecule has 6 nitrogen and oxygen atoms in total. The van der Waals surface area contributed by atoms with Gasteiger partial charge in [0, 0.05) is 12.8 Å². The van der Waals surface area contributed by atoms with Gasteiger partial charge in [0.25, 0.3) is 0 Å². The Morgan fingerprint density at radius 1 is 0.370 bits per heavy atom. The summed E-state index contributed by atoms with van der Waals surface area (Å²) in [5, 5.41) is 23.4. The first-order valence-corrected chi connectivity index (χ1v) is 33.4. The Bertz CT molecular complexity index is 1100. The molecule has 73 heavy (non-hydrogen) atoms. The fraction of sp³-hybridized carbons (Fsp3) is 0.940. The molecule has 0 fully saturated rings. The van der Waals surface area contributed by atoms with Crippen molar-refractivity contribution in [2.75, 3.05) is 13.2 Å². The minimum atomic E-state index is -0.671. The lowest BCUT2D eigenvalue weighted by molar-refractivity contribution is -0.143. The largest absolute Gasteiger partial charge is 0.466 e. The first kappa shape index (κ1) is 71.6. The van der Waals surface area contributed by atoms with E-state index in [2.05, 4.69) is 31.3 Å². The van der Waals surface area contributed by atoms with E-state index in [9.17, 15) is 19.8 Å². The Labute approximate surface area is 457 Å². The Balaban J connectivity index is 3.41. The number of hydrogen-bond acceptors (Lipinski definition) is 5. The quantitative estimate of drug-likeness (QED) is 0.0320. The first-order valence-electron chi connectivity index (χ1n) is 33.4. The van der Waals surface area contributed by atoms with E-state index in [1.165, 1.54) is 302 Å². The van der Waals surface area contributed by atoms with Crippen LogP contribution in [0.4, 0.5) is 0 Å². The molecule has 3 N–H and O–H groups in total. The molecule has 2 unspecified atom stereocenters. The zero-order valence-electron chi connectivity index (χ0n) is 49.6. The maximum absolute atomic E-state index is 12.5. The van der Waals surface area contributed by atoms with E-state index in [0.29, 0.717) is 25.9 Å². The highest BCUT2D eigenvalue weighted by Gasteiger charge is 2.20. The van der Waals surface area contributed by atoms with Gasteiger partial charge in [0.2, 0.25) is 5.91 Å². The third kappa shape index (κ3) is 59.7. The second-order valence-corrected chi connectivity index (χ2v) is 23.2. The van der Waals surface area contributed by atoms with Gasteiger partial charge in [-0.25, -0.2) is 0 Å². The molecule has 0 aliphatic heterocycles. The maximum Gasteiger partial charge on any atom is 0.305 e. The summed E-state index contributed by atoms with van der Waals surface area (Å²) in [6.45, 7) is 4.97. The molecule has 0 spiro atoms. The molecule has 2 atom stereocenters. The van der Waals surface area contributed by atoms with Gasteiger partial charge in [-0.3, -0.25) is 9.59 Å². The zero-order chi connectivity index (χ0) is 52.9. The number of aliphatic hydroxyl groups excluding tert-OH is 2. The highest BCUT2D eigenvalue weighted by atomic mass is 16.5. The number of allylic oxidation sites excluding steroid dienone is 2. The van der Waals surface area contributed by atoms with Gasteiger partial charge in [-0.05, 0) is 51.4 Å². The van der Waals surface area contributed by atoms with Crippen LogP contribution in [0.15, 0.2) is 12.2 Å². The molecule has 0 aliphatic rings. The van der Waals surface area contributed by atoms with Crippen molar-refractivity contribution in [2.24, 2.45) is 0 Å². The molecule has 0 aliphatic carbocycles. The van der Waals surface area contributed by atoms with Crippen LogP contribution in [-0.4, -0.2) is 47.4 Å². The topological polar surface area (TPSA) is 95.9 Å². The van der Waals surface area contributed by atoms with Crippen LogP contribution in [0.25, 0.3) is 0 Å². The Kier molecular flexibility index (Phi) is 61.9. The number of hydrogen-bond donors (Lipinski definition) is 3. The number of nitrogens with one attached hydrogen (secondary N) is 1. The van der Waals surface area contributed by atoms with Crippen LogP contribution in [-0.2, 0) is 14.3 Å². The second-order valence-electron chi connectivity index (χ2n) is 23.2. The molecule has 0 bridgehead atoms. The van der Waals surface area contributed by atoms with Gasteiger partial charge in [-0.2, -0.15) is 0 Å². The number of rotatable bonds is 63. The summed E-state index contributed by atoms with van der Waals surface area (Å²) in [7, 11) is 0. The Morgan fingerprint density at radius 2 is 0.644 bits per heavy atom. The number of carbonyl (C=O) groups excluding carboxylic acids is 2. The molecule has 0 aromatic heterocycles. The third-order valence-electron chi connectivity index (χ3n) is 15.8. The average Bonchev–Trinajstić information content (AvgIpc) is 3.39. The molecule has 434 valence electrons. The van der Waals surface area contributed by atoms with Gasteiger partial charge >= 0.3 is 5.97 Å². The molecule has 0 aromatic rings. The number of amides is 1. The van der Waals surface area contributed by atoms with Crippen molar-refractivity contribution in [1.82, 2.24) is 5.32 Å². The van der Waals surface area contributed by atoms with E-state index in [0.717, 1.165) is 44.9 Å². The van der Waals surface area contributed by atoms with Crippen molar-refractivity contribution in [3.8, 4) is 0 Å². The fourth-order valence-corrected chi connectivity index (χ4v) is 10.7. The summed E-state index contributed by atoms with van der Waals surface area (Å²) < 4.78 is 5.49. The Morgan fingerprint density at radius 3 is 0.973 bits per heavy atom. The number of ether oxygens (including phenoxy) is 1. The standard InChI is InChI=1S/C67H131NO5/c1-3-5-7-9-11-13-15-17-19-21-22-23-24-25-26-27-29-31-35-39-43-47-51-55-59-65(70)64(63-69)68-66(71)60-56-52-48-44-40-36-32-30-34-38-42-46-50-54-58-62-73-67(72)61-57-53-49-45-41-37-33-28-20-18-16-14-12-10-8-6-4-2/h18,20,64-65,69-70H,3-17,19,21-63H2,1-2H3,(H,68,71)/b20-18-. The molecule has 0 rings (SSSR count). The number of unbranched alkanes of at least 4 members (excludes halogenated alkanes) is 50. The summed E-state index contributed by atoms with van der Waals surface area (Å²) in [5.74, 6) is -0.0398. The molecule has 0 radical (unpaired) electrons. The lowest BCUT2D eigenvalue weighted by Crippen LogP contribution is -2.45. The smallest absolute Gasteiger partial charge is 0.305 e. The minimum absolute atomic E-state index is 0.00110. The van der Waals surface area contributed by atoms with Crippen LogP contribution in [0.3, 0.4) is 0 Å². The van der Waals surface area contributed by atoms with E-state index in [4.69, 9.17) is 4.74 Å². The van der Waals surface area contributed by atoms with Crippen molar-refractivity contribution < 1.29 is 24.5 Å². The molecular formula is C67H131NO5. The molecule has 1 amide bonds. The van der Waals surface area contributed by atoms with E-state index >= 15 is 0 Å². The van der Waals surface area contributed by atoms with Crippen molar-refractivity contribution in [2.45, 2.75) is 392 Å². The van der Waals surface area contributed by atoms with Gasteiger partial charge < -0.3 is 20.3 Å². The summed E-state index contributed by atoms with van der Waals surface area (Å²) in [5.41, 5.74) is 0. The molecular weight excluding hydrogens is 899 g/mol. The summed E-state index contributed by atoms with van der Waals surface area (Å²) in [4.78, 5) is 24.6. The molecule has 0 saturated heterocycles. The predicted octanol–water partition coefficient (Wildman–Crippen LogP) is 21.2. The monoisotopic (exact) mass is 1030 g/mol. The first-order chi connectivity index (χ1) is 36.0. The van der Waals surface area contributed by atoms with Crippen molar-refractivity contribution in [1.29, 1.82) is 0 Å². The van der Waals surface area contributed by atoms with Gasteiger partial charge in [0.1, 0.15) is 0 Å². The summed E-state index contributed by atoms with van der Waals surface area (Å²) in [6.07, 6.45) is 76.6. The molecule has 6 heteroatoms. The third-order valence-corrected chi connectivity index (χ3v) is 15.8. The minimum Gasteiger partial charge on any atom is -0.466 e. The average molecular weight is 1030 g/mol. The van der Waals surface area contributed by atoms with E-state index in [-0.39, 0.29) is 18.5 Å². The SMILES string of the molecule is CCCCCCCC/C=C\CCCCCCCCCC(=O)OCCCCCCCCCCCCCCCCCC(=O)NC(CO)C(O)CCCCCCCCCCCCCCCCCCCCCCCCCC. The van der Waals surface area contributed by atoms with Crippen LogP contribution in [0, 0.1) is 0 Å². The van der Waals surface area contributed by atoms with Crippen LogP contribution >= 0.6 is 0 Å². The normalized spacial score (nSPS) is 12.5. The van der Waals surface area contributed by atoms with Crippen LogP contribution < -0.4 is 5.32 Å². The fourth-order valence-electron chi connectivity index (χ4n) is 10.7. The Hall–Kier alpha value is -1.40. The lowest BCUT2D eigenvalue weighted by Gasteiger charge is -2.22. The van der Waals surface area contributed by atoms with Gasteiger partial charge in [0.05, 0.1) is 25.4 Å². The second kappa shape index (κ2) is 63.1. The predicted molar refractivity (Wildman–Crippen MR) is 320 cm³/mol. The number of esters is 1. The van der Waals surface area contributed by atoms with E-state index < -0.39 is 12.1 Å². The number of carbonyl (C=O) groups is 2. The van der Waals surface area contributed by atoms with Crippen molar-refractivity contribution in [3.63, 3.8) is 0 Å². The van der Waals surface area contributed by atoms with Gasteiger partial charge in [0.15, 0.2) is 0 Å². The van der Waals surface area contributed by atoms with E-state index in [1.807, 2.05) is 0 Å². The van der Waals surface area contributed by atoms with Gasteiger partial charge in [-0.15, -0.1) is 0 Å². The van der Waals surface area contributed by atoms with E-state index in [1.54, 1.807) is 0 Å². The van der Waals surface area contributed by atoms with Crippen LogP contribution in [0.1, 0.15) is 380 Å². The summed E-state index contributed by atoms with van der Waals surface area (Å²) in [6, 6.07) is -0.549. The molecule has 0 heterocycles. The highest BCUT2D eigenvalue weighted by Crippen LogP contribution is 2.19. The lowest BCUT2D eigenvalue weighted by atomic mass is 10.0. The zero-order valence-corrected chi connectivity index (χ0v) is 49.6. The number of aliphatic hydroxyl groups is 2. The van der Waals surface area contributed by atoms with Gasteiger partial charge in [-0.1, -0.05) is 328 Å². The van der Waals surface area contributed by atoms with Crippen LogP contribution in [0.5, 0.6) is 0 Å². The van der Waals surface area contributed by atoms with Crippen molar-refractivity contribution in [3.05, 3.63) is 12.2 Å². The van der Waals surface area contributed by atoms with Crippen molar-refractivity contribution >= 4 is 11.9 Å². The highest BCUT2D eigenvalue weighted by molar-refractivity contribution is 5.76.